The van der Waals surface area contributed by atoms with E-state index in [1.807, 2.05) is 142 Å². The quantitative estimate of drug-likeness (QED) is 0.133. The molecule has 53 heavy (non-hydrogen) atoms. The summed E-state index contributed by atoms with van der Waals surface area (Å²) in [7, 11) is 0. The number of aliphatic hydroxyl groups excluding tert-OH is 1. The Bertz CT molecular complexity index is 1650. The molecule has 0 aliphatic carbocycles. The second-order valence-electron chi connectivity index (χ2n) is 14.1. The van der Waals surface area contributed by atoms with Crippen molar-refractivity contribution in [2.75, 3.05) is 32.8 Å². The first-order chi connectivity index (χ1) is 25.7. The topological polar surface area (TPSA) is 107 Å². The normalized spacial score (nSPS) is 15.7. The number of aliphatic hydroxyl groups is 1. The van der Waals surface area contributed by atoms with E-state index >= 15 is 0 Å². The molecular formula is C43H52N2O8. The summed E-state index contributed by atoms with van der Waals surface area (Å²) in [5.74, 6) is -0.325. The van der Waals surface area contributed by atoms with Gasteiger partial charge in [0.25, 0.3) is 5.91 Å². The average Bonchev–Trinajstić information content (AvgIpc) is 3.17. The third-order valence-electron chi connectivity index (χ3n) is 8.73. The molecule has 0 bridgehead atoms. The van der Waals surface area contributed by atoms with Gasteiger partial charge in [-0.3, -0.25) is 4.79 Å². The molecule has 5 rings (SSSR count). The highest BCUT2D eigenvalue weighted by Crippen LogP contribution is 2.24. The zero-order valence-corrected chi connectivity index (χ0v) is 30.9. The minimum Gasteiger partial charge on any atom is -0.444 e. The average molecular weight is 725 g/mol. The fourth-order valence-electron chi connectivity index (χ4n) is 5.96. The molecule has 0 aromatic heterocycles. The Morgan fingerprint density at radius 3 is 1.43 bits per heavy atom. The lowest BCUT2D eigenvalue weighted by Crippen LogP contribution is -2.59. The number of piperazine rings is 1. The van der Waals surface area contributed by atoms with E-state index < -0.39 is 36.1 Å². The molecule has 1 saturated heterocycles. The minimum atomic E-state index is -1.19. The maximum absolute atomic E-state index is 14.7. The Morgan fingerprint density at radius 2 is 0.981 bits per heavy atom. The highest BCUT2D eigenvalue weighted by molar-refractivity contribution is 5.82. The molecule has 4 aromatic carbocycles. The molecule has 10 nitrogen and oxygen atoms in total. The molecule has 1 heterocycles. The molecule has 4 unspecified atom stereocenters. The van der Waals surface area contributed by atoms with Crippen molar-refractivity contribution in [3.05, 3.63) is 144 Å². The highest BCUT2D eigenvalue weighted by Gasteiger charge is 2.43. The standard InChI is InChI=1S/C43H52N2O8/c1-43(2,3)53-42(48)45-26-24-44(25-27-45)41(47)40(52-31-36-22-14-7-15-23-36)39(51-30-35-20-12-6-13-21-35)38(50-29-34-18-10-5-11-19-34)37(46)32-49-28-33-16-8-4-9-17-33/h4-23,37-40,46H,24-32H2,1-3H3. The first-order valence-electron chi connectivity index (χ1n) is 18.2. The van der Waals surface area contributed by atoms with E-state index in [1.54, 1.807) is 9.80 Å². The Hall–Kier alpha value is -4.58. The molecule has 1 N–H and O–H groups in total. The lowest BCUT2D eigenvalue weighted by Gasteiger charge is -2.40. The molecule has 4 aromatic rings. The van der Waals surface area contributed by atoms with Crippen LogP contribution in [0.15, 0.2) is 121 Å². The SMILES string of the molecule is CC(C)(C)OC(=O)N1CCN(C(=O)C(OCc2ccccc2)C(OCc2ccccc2)C(OCc2ccccc2)C(O)COCc2ccccc2)CC1. The Kier molecular flexibility index (Phi) is 15.0. The maximum Gasteiger partial charge on any atom is 0.410 e. The number of amides is 2. The van der Waals surface area contributed by atoms with Crippen molar-refractivity contribution >= 4 is 12.0 Å². The molecule has 1 fully saturated rings. The van der Waals surface area contributed by atoms with Gasteiger partial charge < -0.3 is 38.6 Å². The molecule has 1 aliphatic rings. The van der Waals surface area contributed by atoms with Crippen LogP contribution in [0.25, 0.3) is 0 Å². The van der Waals surface area contributed by atoms with Crippen LogP contribution in [0, 0.1) is 0 Å². The minimum absolute atomic E-state index is 0.0757. The van der Waals surface area contributed by atoms with Gasteiger partial charge in [-0.25, -0.2) is 4.79 Å². The summed E-state index contributed by atoms with van der Waals surface area (Å²) in [4.78, 5) is 30.8. The lowest BCUT2D eigenvalue weighted by atomic mass is 10.00. The van der Waals surface area contributed by atoms with Crippen LogP contribution in [0.5, 0.6) is 0 Å². The molecule has 10 heteroatoms. The van der Waals surface area contributed by atoms with Crippen LogP contribution in [0.3, 0.4) is 0 Å². The fraction of sp³-hybridized carbons (Fsp3) is 0.395. The third kappa shape index (κ3) is 12.8. The number of nitrogens with zero attached hydrogens (tertiary/aromatic N) is 2. The number of hydrogen-bond donors (Lipinski definition) is 1. The van der Waals surface area contributed by atoms with Crippen molar-refractivity contribution in [3.63, 3.8) is 0 Å². The number of rotatable bonds is 17. The van der Waals surface area contributed by atoms with Crippen LogP contribution in [0.2, 0.25) is 0 Å². The summed E-state index contributed by atoms with van der Waals surface area (Å²) in [6, 6.07) is 38.6. The van der Waals surface area contributed by atoms with E-state index in [0.29, 0.717) is 13.1 Å². The summed E-state index contributed by atoms with van der Waals surface area (Å²) >= 11 is 0. The molecule has 2 amide bonds. The second kappa shape index (κ2) is 20.0. The number of benzene rings is 4. The van der Waals surface area contributed by atoms with Gasteiger partial charge in [0.05, 0.1) is 33.0 Å². The monoisotopic (exact) mass is 724 g/mol. The van der Waals surface area contributed by atoms with E-state index in [2.05, 4.69) is 0 Å². The highest BCUT2D eigenvalue weighted by atomic mass is 16.6. The summed E-state index contributed by atoms with van der Waals surface area (Å²) in [5.41, 5.74) is 2.97. The van der Waals surface area contributed by atoms with Gasteiger partial charge in [0, 0.05) is 26.2 Å². The van der Waals surface area contributed by atoms with Gasteiger partial charge >= 0.3 is 6.09 Å². The smallest absolute Gasteiger partial charge is 0.410 e. The number of hydrogen-bond acceptors (Lipinski definition) is 8. The van der Waals surface area contributed by atoms with Crippen molar-refractivity contribution in [2.45, 2.75) is 77.2 Å². The Morgan fingerprint density at radius 1 is 0.585 bits per heavy atom. The Labute approximate surface area is 313 Å². The lowest BCUT2D eigenvalue weighted by molar-refractivity contribution is -0.196. The molecule has 282 valence electrons. The van der Waals surface area contributed by atoms with Gasteiger partial charge in [-0.2, -0.15) is 0 Å². The molecule has 4 atom stereocenters. The van der Waals surface area contributed by atoms with Crippen LogP contribution in [-0.4, -0.2) is 89.7 Å². The van der Waals surface area contributed by atoms with Crippen LogP contribution < -0.4 is 0 Å². The van der Waals surface area contributed by atoms with E-state index in [-0.39, 0.29) is 52.0 Å². The summed E-state index contributed by atoms with van der Waals surface area (Å²) in [5, 5.41) is 11.9. The van der Waals surface area contributed by atoms with Crippen molar-refractivity contribution < 1.29 is 38.4 Å². The van der Waals surface area contributed by atoms with E-state index in [0.717, 1.165) is 22.3 Å². The van der Waals surface area contributed by atoms with Gasteiger partial charge in [0.2, 0.25) is 0 Å². The predicted octanol–water partition coefficient (Wildman–Crippen LogP) is 6.40. The Balaban J connectivity index is 1.44. The number of carbonyl (C=O) groups excluding carboxylic acids is 2. The number of carbonyl (C=O) groups is 2. The molecular weight excluding hydrogens is 672 g/mol. The van der Waals surface area contributed by atoms with Gasteiger partial charge in [0.15, 0.2) is 6.10 Å². The van der Waals surface area contributed by atoms with Crippen LogP contribution in [0.4, 0.5) is 4.79 Å². The first kappa shape index (κ1) is 39.6. The maximum atomic E-state index is 14.7. The van der Waals surface area contributed by atoms with Crippen LogP contribution in [0.1, 0.15) is 43.0 Å². The zero-order chi connectivity index (χ0) is 37.5. The van der Waals surface area contributed by atoms with Crippen LogP contribution in [-0.2, 0) is 54.9 Å². The van der Waals surface area contributed by atoms with E-state index in [1.165, 1.54) is 0 Å². The zero-order valence-electron chi connectivity index (χ0n) is 30.9. The third-order valence-corrected chi connectivity index (χ3v) is 8.73. The van der Waals surface area contributed by atoms with Gasteiger partial charge in [-0.1, -0.05) is 121 Å². The molecule has 0 spiro atoms. The summed E-state index contributed by atoms with van der Waals surface area (Å²) in [6.45, 7) is 7.23. The van der Waals surface area contributed by atoms with Gasteiger partial charge in [0.1, 0.15) is 23.9 Å². The van der Waals surface area contributed by atoms with Crippen molar-refractivity contribution in [1.82, 2.24) is 9.80 Å². The van der Waals surface area contributed by atoms with Crippen molar-refractivity contribution in [3.8, 4) is 0 Å². The van der Waals surface area contributed by atoms with Crippen LogP contribution >= 0.6 is 0 Å². The fourth-order valence-corrected chi connectivity index (χ4v) is 5.96. The first-order valence-corrected chi connectivity index (χ1v) is 18.2. The molecule has 0 radical (unpaired) electrons. The van der Waals surface area contributed by atoms with E-state index in [9.17, 15) is 14.7 Å². The van der Waals surface area contributed by atoms with Gasteiger partial charge in [-0.05, 0) is 43.0 Å². The van der Waals surface area contributed by atoms with Crippen molar-refractivity contribution in [2.24, 2.45) is 0 Å². The summed E-state index contributed by atoms with van der Waals surface area (Å²) < 4.78 is 31.3. The van der Waals surface area contributed by atoms with E-state index in [4.69, 9.17) is 23.7 Å². The van der Waals surface area contributed by atoms with Gasteiger partial charge in [-0.15, -0.1) is 0 Å². The van der Waals surface area contributed by atoms with Crippen molar-refractivity contribution in [1.29, 1.82) is 0 Å². The molecule has 0 saturated carbocycles. The number of ether oxygens (including phenoxy) is 5. The predicted molar refractivity (Wildman–Crippen MR) is 202 cm³/mol. The largest absolute Gasteiger partial charge is 0.444 e. The molecule has 1 aliphatic heterocycles. The summed E-state index contributed by atoms with van der Waals surface area (Å²) in [6.07, 6.45) is -4.89. The second-order valence-corrected chi connectivity index (χ2v) is 14.1.